The number of halogens is 2. The zero-order chi connectivity index (χ0) is 21.6. The number of nitrogens with zero attached hydrogens (tertiary/aromatic N) is 3. The minimum absolute atomic E-state index is 0.134. The smallest absolute Gasteiger partial charge is 0.302 e. The van der Waals surface area contributed by atoms with Gasteiger partial charge in [0.25, 0.3) is 5.56 Å². The average molecular weight is 483 g/mol. The van der Waals surface area contributed by atoms with Crippen LogP contribution in [0.25, 0.3) is 11.3 Å². The van der Waals surface area contributed by atoms with Gasteiger partial charge in [-0.15, -0.1) is 23.1 Å². The summed E-state index contributed by atoms with van der Waals surface area (Å²) in [6.45, 7) is 0. The van der Waals surface area contributed by atoms with Crippen molar-refractivity contribution in [2.24, 2.45) is 14.1 Å². The molecule has 1 atom stereocenters. The van der Waals surface area contributed by atoms with Crippen molar-refractivity contribution in [3.63, 3.8) is 0 Å². The second kappa shape index (κ2) is 8.22. The summed E-state index contributed by atoms with van der Waals surface area (Å²) in [5, 5.41) is 6.61. The highest BCUT2D eigenvalue weighted by Gasteiger charge is 2.32. The molecular weight excluding hydrogens is 467 g/mol. The summed E-state index contributed by atoms with van der Waals surface area (Å²) in [7, 11) is 3.08. The molecule has 0 fully saturated rings. The van der Waals surface area contributed by atoms with E-state index < -0.39 is 0 Å². The Morgan fingerprint density at radius 3 is 2.73 bits per heavy atom. The van der Waals surface area contributed by atoms with Crippen LogP contribution < -0.4 is 16.6 Å². The molecule has 11 heteroatoms. The molecule has 0 aliphatic carbocycles. The van der Waals surface area contributed by atoms with Crippen molar-refractivity contribution in [3.05, 3.63) is 60.0 Å². The quantitative estimate of drug-likeness (QED) is 0.572. The summed E-state index contributed by atoms with van der Waals surface area (Å²) in [6.07, 6.45) is 0.134. The van der Waals surface area contributed by atoms with Gasteiger partial charge in [0.15, 0.2) is 5.13 Å². The lowest BCUT2D eigenvalue weighted by Crippen LogP contribution is -2.39. The number of aromatic nitrogens is 3. The van der Waals surface area contributed by atoms with Crippen LogP contribution >= 0.6 is 46.3 Å². The Balaban J connectivity index is 1.50. The molecule has 156 valence electrons. The van der Waals surface area contributed by atoms with Gasteiger partial charge in [0.2, 0.25) is 5.91 Å². The fourth-order valence-corrected chi connectivity index (χ4v) is 5.67. The Labute approximate surface area is 189 Å². The molecule has 0 bridgehead atoms. The van der Waals surface area contributed by atoms with Gasteiger partial charge < -0.3 is 5.32 Å². The van der Waals surface area contributed by atoms with E-state index in [1.165, 1.54) is 34.7 Å². The number of rotatable bonds is 4. The number of hydrogen-bond acceptors (Lipinski definition) is 6. The number of amides is 1. The molecule has 1 N–H and O–H groups in total. The maximum atomic E-state index is 12.6. The fourth-order valence-electron chi connectivity index (χ4n) is 3.31. The molecule has 0 saturated carbocycles. The summed E-state index contributed by atoms with van der Waals surface area (Å²) < 4.78 is 2.55. The molecule has 1 amide bonds. The van der Waals surface area contributed by atoms with Crippen LogP contribution in [0.4, 0.5) is 5.13 Å². The number of carbonyl (C=O) groups is 1. The third-order valence-electron chi connectivity index (χ3n) is 4.87. The second-order valence-corrected chi connectivity index (χ2v) is 9.53. The largest absolute Gasteiger partial charge is 0.331 e. The molecule has 4 rings (SSSR count). The molecule has 2 aromatic heterocycles. The number of carbonyl (C=O) groups excluding carboxylic acids is 1. The SMILES string of the molecule is Cn1c2c(c(=O)n(C)c1=O)C(CC(=O)Nc1nc(-c3ccc(Cl)c(Cl)c3)cs1)CS2. The monoisotopic (exact) mass is 482 g/mol. The number of anilines is 1. The predicted octanol–water partition coefficient (Wildman–Crippen LogP) is 3.73. The van der Waals surface area contributed by atoms with Gasteiger partial charge in [-0.2, -0.15) is 0 Å². The Morgan fingerprint density at radius 2 is 2.00 bits per heavy atom. The average Bonchev–Trinajstić information content (AvgIpc) is 3.34. The molecule has 1 aromatic carbocycles. The number of thioether (sulfide) groups is 1. The van der Waals surface area contributed by atoms with Crippen molar-refractivity contribution >= 4 is 57.3 Å². The summed E-state index contributed by atoms with van der Waals surface area (Å²) in [5.74, 6) is 0.0752. The van der Waals surface area contributed by atoms with E-state index >= 15 is 0 Å². The van der Waals surface area contributed by atoms with Crippen molar-refractivity contribution in [1.29, 1.82) is 0 Å². The Kier molecular flexibility index (Phi) is 5.80. The molecule has 1 unspecified atom stereocenters. The molecule has 0 saturated heterocycles. The van der Waals surface area contributed by atoms with Crippen LogP contribution in [0, 0.1) is 0 Å². The van der Waals surface area contributed by atoms with Crippen LogP contribution in [-0.4, -0.2) is 25.8 Å². The van der Waals surface area contributed by atoms with E-state index in [-0.39, 0.29) is 29.5 Å². The van der Waals surface area contributed by atoms with Gasteiger partial charge in [-0.1, -0.05) is 29.3 Å². The highest BCUT2D eigenvalue weighted by atomic mass is 35.5. The van der Waals surface area contributed by atoms with Gasteiger partial charge in [-0.05, 0) is 12.1 Å². The van der Waals surface area contributed by atoms with Gasteiger partial charge in [0, 0.05) is 43.1 Å². The van der Waals surface area contributed by atoms with E-state index in [9.17, 15) is 14.4 Å². The molecule has 0 spiro atoms. The Morgan fingerprint density at radius 1 is 1.23 bits per heavy atom. The minimum Gasteiger partial charge on any atom is -0.302 e. The van der Waals surface area contributed by atoms with Gasteiger partial charge >= 0.3 is 5.69 Å². The van der Waals surface area contributed by atoms with Crippen LogP contribution in [0.5, 0.6) is 0 Å². The van der Waals surface area contributed by atoms with E-state index in [1.807, 2.05) is 11.4 Å². The normalized spacial score (nSPS) is 15.3. The summed E-state index contributed by atoms with van der Waals surface area (Å²) >= 11 is 14.7. The van der Waals surface area contributed by atoms with Gasteiger partial charge in [-0.25, -0.2) is 9.78 Å². The first-order valence-electron chi connectivity index (χ1n) is 8.89. The van der Waals surface area contributed by atoms with Crippen LogP contribution in [0.15, 0.2) is 38.2 Å². The first-order chi connectivity index (χ1) is 14.3. The third kappa shape index (κ3) is 3.82. The zero-order valence-corrected chi connectivity index (χ0v) is 19.1. The van der Waals surface area contributed by atoms with Crippen molar-refractivity contribution < 1.29 is 4.79 Å². The lowest BCUT2D eigenvalue weighted by Gasteiger charge is -2.12. The standard InChI is InChI=1S/C19H16Cl2N4O3S2/c1-24-16(27)15-10(7-29-17(15)25(2)19(24)28)6-14(26)23-18-22-13(8-30-18)9-3-4-11(20)12(21)5-9/h3-5,8,10H,6-7H2,1-2H3,(H,22,23,26). The molecule has 0 radical (unpaired) electrons. The maximum absolute atomic E-state index is 12.6. The number of fused-ring (bicyclic) bond motifs is 1. The minimum atomic E-state index is -0.367. The molecule has 1 aliphatic rings. The highest BCUT2D eigenvalue weighted by Crippen LogP contribution is 2.38. The van der Waals surface area contributed by atoms with Gasteiger partial charge in [0.05, 0.1) is 26.3 Å². The molecule has 3 heterocycles. The zero-order valence-electron chi connectivity index (χ0n) is 15.9. The lowest BCUT2D eigenvalue weighted by molar-refractivity contribution is -0.116. The fraction of sp³-hybridized carbons (Fsp3) is 0.263. The molecule has 1 aliphatic heterocycles. The number of nitrogens with one attached hydrogen (secondary N) is 1. The molecule has 7 nitrogen and oxygen atoms in total. The molecular formula is C19H16Cl2N4O3S2. The van der Waals surface area contributed by atoms with E-state index in [1.54, 1.807) is 19.2 Å². The number of hydrogen-bond donors (Lipinski definition) is 1. The molecule has 3 aromatic rings. The maximum Gasteiger partial charge on any atom is 0.331 e. The third-order valence-corrected chi connectivity index (χ3v) is 7.70. The summed E-state index contributed by atoms with van der Waals surface area (Å²) in [6, 6.07) is 5.22. The van der Waals surface area contributed by atoms with Crippen LogP contribution in [-0.2, 0) is 18.9 Å². The summed E-state index contributed by atoms with van der Waals surface area (Å²) in [5.41, 5.74) is 1.29. The Hall–Kier alpha value is -2.07. The topological polar surface area (TPSA) is 86.0 Å². The van der Waals surface area contributed by atoms with Crippen molar-refractivity contribution in [2.75, 3.05) is 11.1 Å². The van der Waals surface area contributed by atoms with Crippen molar-refractivity contribution in [3.8, 4) is 11.3 Å². The van der Waals surface area contributed by atoms with Crippen LogP contribution in [0.2, 0.25) is 10.0 Å². The summed E-state index contributed by atoms with van der Waals surface area (Å²) in [4.78, 5) is 41.7. The van der Waals surface area contributed by atoms with Gasteiger partial charge in [0.1, 0.15) is 0 Å². The molecule has 30 heavy (non-hydrogen) atoms. The first kappa shape index (κ1) is 21.2. The predicted molar refractivity (Wildman–Crippen MR) is 121 cm³/mol. The van der Waals surface area contributed by atoms with Crippen molar-refractivity contribution in [2.45, 2.75) is 17.4 Å². The second-order valence-electron chi connectivity index (χ2n) is 6.85. The van der Waals surface area contributed by atoms with Crippen LogP contribution in [0.1, 0.15) is 17.9 Å². The first-order valence-corrected chi connectivity index (χ1v) is 11.5. The van der Waals surface area contributed by atoms with E-state index in [0.717, 1.165) is 10.1 Å². The van der Waals surface area contributed by atoms with E-state index in [2.05, 4.69) is 10.3 Å². The Bertz CT molecular complexity index is 1280. The van der Waals surface area contributed by atoms with E-state index in [4.69, 9.17) is 23.2 Å². The van der Waals surface area contributed by atoms with E-state index in [0.29, 0.717) is 37.2 Å². The highest BCUT2D eigenvalue weighted by molar-refractivity contribution is 7.99. The van der Waals surface area contributed by atoms with Crippen LogP contribution in [0.3, 0.4) is 0 Å². The number of benzene rings is 1. The van der Waals surface area contributed by atoms with Gasteiger partial charge in [-0.3, -0.25) is 18.7 Å². The van der Waals surface area contributed by atoms with Crippen molar-refractivity contribution in [1.82, 2.24) is 14.1 Å². The lowest BCUT2D eigenvalue weighted by atomic mass is 10.00. The number of thiazole rings is 1.